The average molecular weight is 235 g/mol. The van der Waals surface area contributed by atoms with E-state index >= 15 is 0 Å². The van der Waals surface area contributed by atoms with Gasteiger partial charge in [-0.3, -0.25) is 0 Å². The van der Waals surface area contributed by atoms with E-state index in [1.807, 2.05) is 0 Å². The Morgan fingerprint density at radius 1 is 1.44 bits per heavy atom. The third-order valence-electron chi connectivity index (χ3n) is 1.63. The lowest BCUT2D eigenvalue weighted by atomic mass is 10.3. The Morgan fingerprint density at radius 3 is 2.56 bits per heavy atom. The summed E-state index contributed by atoms with van der Waals surface area (Å²) < 4.78 is 45.5. The molecule has 0 N–H and O–H groups in total. The Labute approximate surface area is 89.0 Å². The van der Waals surface area contributed by atoms with Gasteiger partial charge in [-0.05, 0) is 6.07 Å². The molecule has 0 atom stereocenters. The van der Waals surface area contributed by atoms with Gasteiger partial charge in [-0.15, -0.1) is 0 Å². The molecule has 0 aliphatic rings. The van der Waals surface area contributed by atoms with E-state index in [0.29, 0.717) is 6.20 Å². The van der Waals surface area contributed by atoms with Crippen molar-refractivity contribution < 1.29 is 27.4 Å². The van der Waals surface area contributed by atoms with E-state index in [0.717, 1.165) is 12.1 Å². The summed E-state index contributed by atoms with van der Waals surface area (Å²) in [4.78, 5) is 14.1. The minimum absolute atomic E-state index is 0.0709. The zero-order valence-electron chi connectivity index (χ0n) is 8.25. The van der Waals surface area contributed by atoms with Crippen LogP contribution in [-0.2, 0) is 15.7 Å². The number of hydrogen-bond donors (Lipinski definition) is 0. The molecular weight excluding hydrogens is 227 g/mol. The maximum Gasteiger partial charge on any atom is 0.417 e. The van der Waals surface area contributed by atoms with Gasteiger partial charge in [-0.2, -0.15) is 13.2 Å². The first-order valence-corrected chi connectivity index (χ1v) is 4.16. The zero-order chi connectivity index (χ0) is 12.2. The molecule has 1 aromatic rings. The first-order chi connectivity index (χ1) is 7.43. The number of hydrogen-bond acceptors (Lipinski definition) is 4. The molecule has 0 spiro atoms. The second-order valence-electron chi connectivity index (χ2n) is 2.75. The largest absolute Gasteiger partial charge is 0.466 e. The second kappa shape index (κ2) is 4.82. The third-order valence-corrected chi connectivity index (χ3v) is 1.63. The predicted octanol–water partition coefficient (Wildman–Crippen LogP) is 1.65. The lowest BCUT2D eigenvalue weighted by Crippen LogP contribution is -2.13. The van der Waals surface area contributed by atoms with E-state index in [1.165, 1.54) is 7.11 Å². The fraction of sp³-hybridized carbons (Fsp3) is 0.333. The summed E-state index contributed by atoms with van der Waals surface area (Å²) in [7, 11) is 1.17. The van der Waals surface area contributed by atoms with Crippen molar-refractivity contribution in [3.63, 3.8) is 0 Å². The molecule has 0 radical (unpaired) electrons. The van der Waals surface area contributed by atoms with Gasteiger partial charge in [0.1, 0.15) is 0 Å². The summed E-state index contributed by atoms with van der Waals surface area (Å²) in [6.07, 6.45) is -3.81. The Kier molecular flexibility index (Phi) is 3.70. The quantitative estimate of drug-likeness (QED) is 0.747. The Balaban J connectivity index is 2.62. The third kappa shape index (κ3) is 3.41. The van der Waals surface area contributed by atoms with E-state index in [1.54, 1.807) is 0 Å². The number of esters is 1. The number of alkyl halides is 3. The van der Waals surface area contributed by atoms with Crippen LogP contribution in [0, 0.1) is 0 Å². The number of methoxy groups -OCH3 is 1. The second-order valence-corrected chi connectivity index (χ2v) is 2.75. The number of carbonyl (C=O) groups excluding carboxylic acids is 1. The van der Waals surface area contributed by atoms with E-state index in [-0.39, 0.29) is 5.88 Å². The highest BCUT2D eigenvalue weighted by Gasteiger charge is 2.30. The average Bonchev–Trinajstić information content (AvgIpc) is 2.25. The van der Waals surface area contributed by atoms with Crippen LogP contribution in [0.2, 0.25) is 0 Å². The van der Waals surface area contributed by atoms with Crippen LogP contribution >= 0.6 is 0 Å². The fourth-order valence-electron chi connectivity index (χ4n) is 0.825. The molecular formula is C9H8F3NO3. The van der Waals surface area contributed by atoms with Crippen molar-refractivity contribution in [3.8, 4) is 5.88 Å². The molecule has 4 nitrogen and oxygen atoms in total. The number of ether oxygens (including phenoxy) is 2. The van der Waals surface area contributed by atoms with Gasteiger partial charge in [0.25, 0.3) is 0 Å². The molecule has 0 aromatic carbocycles. The Morgan fingerprint density at radius 2 is 2.12 bits per heavy atom. The molecule has 0 saturated heterocycles. The molecule has 7 heteroatoms. The molecule has 16 heavy (non-hydrogen) atoms. The number of aromatic nitrogens is 1. The topological polar surface area (TPSA) is 48.4 Å². The van der Waals surface area contributed by atoms with Gasteiger partial charge < -0.3 is 9.47 Å². The van der Waals surface area contributed by atoms with E-state index in [4.69, 9.17) is 4.74 Å². The molecule has 1 rings (SSSR count). The van der Waals surface area contributed by atoms with Gasteiger partial charge in [-0.1, -0.05) is 0 Å². The van der Waals surface area contributed by atoms with Gasteiger partial charge in [0.05, 0.1) is 12.7 Å². The van der Waals surface area contributed by atoms with Crippen LogP contribution in [0.1, 0.15) is 5.56 Å². The molecule has 1 aromatic heterocycles. The number of rotatable bonds is 3. The van der Waals surface area contributed by atoms with Crippen LogP contribution in [-0.4, -0.2) is 24.7 Å². The highest BCUT2D eigenvalue weighted by atomic mass is 19.4. The van der Waals surface area contributed by atoms with Gasteiger partial charge in [0.15, 0.2) is 6.61 Å². The van der Waals surface area contributed by atoms with Crippen molar-refractivity contribution in [2.75, 3.05) is 13.7 Å². The van der Waals surface area contributed by atoms with Crippen LogP contribution in [0.15, 0.2) is 18.3 Å². The van der Waals surface area contributed by atoms with Crippen molar-refractivity contribution in [2.24, 2.45) is 0 Å². The maximum absolute atomic E-state index is 12.1. The summed E-state index contributed by atoms with van der Waals surface area (Å²) in [5.41, 5.74) is -0.877. The molecule has 0 bridgehead atoms. The van der Waals surface area contributed by atoms with Crippen molar-refractivity contribution in [1.82, 2.24) is 4.98 Å². The highest BCUT2D eigenvalue weighted by molar-refractivity contribution is 5.70. The van der Waals surface area contributed by atoms with Crippen molar-refractivity contribution in [3.05, 3.63) is 23.9 Å². The normalized spacial score (nSPS) is 11.0. The van der Waals surface area contributed by atoms with Gasteiger partial charge in [0.2, 0.25) is 5.88 Å². The molecule has 0 aliphatic heterocycles. The van der Waals surface area contributed by atoms with Gasteiger partial charge in [-0.25, -0.2) is 9.78 Å². The van der Waals surface area contributed by atoms with Crippen LogP contribution in [0.3, 0.4) is 0 Å². The monoisotopic (exact) mass is 235 g/mol. The fourth-order valence-corrected chi connectivity index (χ4v) is 0.825. The van der Waals surface area contributed by atoms with Crippen LogP contribution in [0.4, 0.5) is 13.2 Å². The minimum atomic E-state index is -4.44. The first-order valence-electron chi connectivity index (χ1n) is 4.16. The van der Waals surface area contributed by atoms with Gasteiger partial charge >= 0.3 is 12.1 Å². The Bertz CT molecular complexity index is 361. The molecule has 88 valence electrons. The number of halogens is 3. The summed E-state index contributed by atoms with van der Waals surface area (Å²) in [6.45, 7) is -0.394. The summed E-state index contributed by atoms with van der Waals surface area (Å²) in [5.74, 6) is -0.708. The number of carbonyl (C=O) groups is 1. The van der Waals surface area contributed by atoms with Gasteiger partial charge in [0, 0.05) is 12.3 Å². The van der Waals surface area contributed by atoms with Crippen LogP contribution in [0.25, 0.3) is 0 Å². The molecule has 1 heterocycles. The van der Waals surface area contributed by atoms with Crippen molar-refractivity contribution >= 4 is 5.97 Å². The molecule has 0 aliphatic carbocycles. The molecule has 0 saturated carbocycles. The highest BCUT2D eigenvalue weighted by Crippen LogP contribution is 2.29. The molecule has 0 fully saturated rings. The molecule has 0 amide bonds. The zero-order valence-corrected chi connectivity index (χ0v) is 8.25. The maximum atomic E-state index is 12.1. The lowest BCUT2D eigenvalue weighted by Gasteiger charge is -2.07. The molecule has 0 unspecified atom stereocenters. The predicted molar refractivity (Wildman–Crippen MR) is 46.8 cm³/mol. The summed E-state index contributed by atoms with van der Waals surface area (Å²) >= 11 is 0. The summed E-state index contributed by atoms with van der Waals surface area (Å²) in [5, 5.41) is 0. The van der Waals surface area contributed by atoms with Crippen molar-refractivity contribution in [1.29, 1.82) is 0 Å². The summed E-state index contributed by atoms with van der Waals surface area (Å²) in [6, 6.07) is 1.85. The van der Waals surface area contributed by atoms with E-state index in [9.17, 15) is 18.0 Å². The smallest absolute Gasteiger partial charge is 0.417 e. The number of pyridine rings is 1. The number of nitrogens with zero attached hydrogens (tertiary/aromatic N) is 1. The van der Waals surface area contributed by atoms with E-state index < -0.39 is 24.3 Å². The van der Waals surface area contributed by atoms with E-state index in [2.05, 4.69) is 9.72 Å². The van der Waals surface area contributed by atoms with Crippen LogP contribution in [0.5, 0.6) is 5.88 Å². The SMILES string of the molecule is COC(=O)COc1ccc(C(F)(F)F)cn1. The Hall–Kier alpha value is -1.79. The first kappa shape index (κ1) is 12.3. The minimum Gasteiger partial charge on any atom is -0.466 e. The standard InChI is InChI=1S/C9H8F3NO3/c1-15-8(14)5-16-7-3-2-6(4-13-7)9(10,11)12/h2-4H,5H2,1H3. The lowest BCUT2D eigenvalue weighted by molar-refractivity contribution is -0.143. The van der Waals surface area contributed by atoms with Crippen LogP contribution < -0.4 is 4.74 Å². The van der Waals surface area contributed by atoms with Crippen molar-refractivity contribution in [2.45, 2.75) is 6.18 Å².